The van der Waals surface area contributed by atoms with Crippen LogP contribution >= 0.6 is 11.8 Å². The van der Waals surface area contributed by atoms with Crippen molar-refractivity contribution >= 4 is 11.8 Å². The maximum atomic E-state index is 6.40. The highest BCUT2D eigenvalue weighted by Gasteiger charge is 2.25. The molecule has 110 valence electrons. The summed E-state index contributed by atoms with van der Waals surface area (Å²) in [5.41, 5.74) is 10.3. The van der Waals surface area contributed by atoms with E-state index in [0.29, 0.717) is 0 Å². The largest absolute Gasteiger partial charge is 0.487 e. The number of fused-ring (bicyclic) bond motifs is 1. The molecule has 2 aromatic rings. The number of rotatable bonds is 3. The molecule has 3 heteroatoms. The van der Waals surface area contributed by atoms with Crippen molar-refractivity contribution in [3.8, 4) is 5.75 Å². The lowest BCUT2D eigenvalue weighted by Gasteiger charge is -2.30. The van der Waals surface area contributed by atoms with Crippen LogP contribution in [0, 0.1) is 13.8 Å². The lowest BCUT2D eigenvalue weighted by Crippen LogP contribution is -2.43. The molecule has 2 unspecified atom stereocenters. The molecule has 0 bridgehead atoms. The molecule has 0 fully saturated rings. The van der Waals surface area contributed by atoms with Crippen LogP contribution in [0.1, 0.15) is 16.7 Å². The third kappa shape index (κ3) is 3.42. The zero-order valence-corrected chi connectivity index (χ0v) is 13.3. The smallest absolute Gasteiger partial charge is 0.133 e. The first kappa shape index (κ1) is 14.5. The second-order valence-electron chi connectivity index (χ2n) is 5.78. The molecule has 2 N–H and O–H groups in total. The topological polar surface area (TPSA) is 35.2 Å². The highest BCUT2D eigenvalue weighted by Crippen LogP contribution is 2.35. The highest BCUT2D eigenvalue weighted by atomic mass is 32.2. The molecule has 1 aliphatic rings. The van der Waals surface area contributed by atoms with Gasteiger partial charge in [-0.25, -0.2) is 0 Å². The van der Waals surface area contributed by atoms with E-state index >= 15 is 0 Å². The number of aryl methyl sites for hydroxylation is 2. The van der Waals surface area contributed by atoms with Gasteiger partial charge in [0.05, 0.1) is 0 Å². The Morgan fingerprint density at radius 2 is 1.90 bits per heavy atom. The molecular weight excluding hydrogens is 278 g/mol. The Morgan fingerprint density at radius 1 is 1.19 bits per heavy atom. The molecule has 1 aliphatic heterocycles. The van der Waals surface area contributed by atoms with Crippen molar-refractivity contribution < 1.29 is 4.74 Å². The molecule has 0 spiro atoms. The molecule has 2 atom stereocenters. The van der Waals surface area contributed by atoms with Gasteiger partial charge in [-0.2, -0.15) is 0 Å². The molecular formula is C18H21NOS. The molecule has 0 radical (unpaired) electrons. The van der Waals surface area contributed by atoms with Crippen molar-refractivity contribution in [3.05, 3.63) is 59.2 Å². The molecule has 2 nitrogen and oxygen atoms in total. The maximum Gasteiger partial charge on any atom is 0.133 e. The van der Waals surface area contributed by atoms with Crippen molar-refractivity contribution in [1.29, 1.82) is 0 Å². The first-order valence-corrected chi connectivity index (χ1v) is 8.31. The Kier molecular flexibility index (Phi) is 4.22. The third-order valence-electron chi connectivity index (χ3n) is 3.76. The first-order chi connectivity index (χ1) is 10.1. The summed E-state index contributed by atoms with van der Waals surface area (Å²) in [5, 5.41) is 0. The number of ether oxygens (including phenoxy) is 1. The van der Waals surface area contributed by atoms with Crippen LogP contribution in [-0.2, 0) is 6.42 Å². The first-order valence-electron chi connectivity index (χ1n) is 7.33. The van der Waals surface area contributed by atoms with Gasteiger partial charge in [0.1, 0.15) is 11.9 Å². The number of thioether (sulfide) groups is 1. The molecule has 0 amide bonds. The Labute approximate surface area is 130 Å². The van der Waals surface area contributed by atoms with E-state index in [0.717, 1.165) is 17.9 Å². The molecule has 1 heterocycles. The second-order valence-corrected chi connectivity index (χ2v) is 6.84. The number of nitrogens with two attached hydrogens (primary N) is 1. The molecule has 3 rings (SSSR count). The monoisotopic (exact) mass is 299 g/mol. The van der Waals surface area contributed by atoms with E-state index in [-0.39, 0.29) is 12.1 Å². The van der Waals surface area contributed by atoms with Gasteiger partial charge in [0.25, 0.3) is 0 Å². The average Bonchev–Trinajstić information content (AvgIpc) is 2.45. The minimum atomic E-state index is 0.0204. The van der Waals surface area contributed by atoms with E-state index in [1.807, 2.05) is 30.0 Å². The van der Waals surface area contributed by atoms with E-state index in [9.17, 15) is 0 Å². The Balaban J connectivity index is 1.70. The van der Waals surface area contributed by atoms with Gasteiger partial charge < -0.3 is 10.5 Å². The summed E-state index contributed by atoms with van der Waals surface area (Å²) in [6.45, 7) is 4.26. The van der Waals surface area contributed by atoms with Crippen LogP contribution in [0.2, 0.25) is 0 Å². The van der Waals surface area contributed by atoms with Crippen molar-refractivity contribution in [2.45, 2.75) is 37.3 Å². The number of hydrogen-bond donors (Lipinski definition) is 1. The average molecular weight is 299 g/mol. The van der Waals surface area contributed by atoms with Crippen molar-refractivity contribution in [3.63, 3.8) is 0 Å². The molecule has 21 heavy (non-hydrogen) atoms. The standard InChI is InChI=1S/C18H21NOS/c1-12-7-13(2)9-14(8-12)10-15(19)17-11-21-18-6-4-3-5-16(18)20-17/h3-9,15,17H,10-11,19H2,1-2H3. The third-order valence-corrected chi connectivity index (χ3v) is 4.90. The molecule has 2 aromatic carbocycles. The molecule has 0 saturated carbocycles. The van der Waals surface area contributed by atoms with Crippen LogP contribution < -0.4 is 10.5 Å². The van der Waals surface area contributed by atoms with Crippen molar-refractivity contribution in [2.24, 2.45) is 5.73 Å². The summed E-state index contributed by atoms with van der Waals surface area (Å²) in [6.07, 6.45) is 0.932. The number of benzene rings is 2. The van der Waals surface area contributed by atoms with E-state index < -0.39 is 0 Å². The van der Waals surface area contributed by atoms with E-state index in [1.54, 1.807) is 0 Å². The number of hydrogen-bond acceptors (Lipinski definition) is 3. The van der Waals surface area contributed by atoms with Gasteiger partial charge >= 0.3 is 0 Å². The quantitative estimate of drug-likeness (QED) is 0.938. The van der Waals surface area contributed by atoms with Crippen LogP contribution in [-0.4, -0.2) is 17.9 Å². The van der Waals surface area contributed by atoms with Gasteiger partial charge in [-0.3, -0.25) is 0 Å². The summed E-state index contributed by atoms with van der Waals surface area (Å²) < 4.78 is 6.08. The van der Waals surface area contributed by atoms with Crippen LogP contribution in [0.25, 0.3) is 0 Å². The van der Waals surface area contributed by atoms with Gasteiger partial charge in [0.2, 0.25) is 0 Å². The lowest BCUT2D eigenvalue weighted by molar-refractivity contribution is 0.184. The summed E-state index contributed by atoms with van der Waals surface area (Å²) in [5.74, 6) is 1.89. The summed E-state index contributed by atoms with van der Waals surface area (Å²) in [7, 11) is 0. The maximum absolute atomic E-state index is 6.40. The van der Waals surface area contributed by atoms with Gasteiger partial charge in [0, 0.05) is 16.7 Å². The fourth-order valence-corrected chi connectivity index (χ4v) is 3.93. The van der Waals surface area contributed by atoms with Crippen LogP contribution in [0.5, 0.6) is 5.75 Å². The summed E-state index contributed by atoms with van der Waals surface area (Å²) >= 11 is 1.84. The van der Waals surface area contributed by atoms with Crippen molar-refractivity contribution in [1.82, 2.24) is 0 Å². The second kappa shape index (κ2) is 6.12. The van der Waals surface area contributed by atoms with Gasteiger partial charge in [-0.15, -0.1) is 11.8 Å². The number of para-hydroxylation sites is 1. The Bertz CT molecular complexity index is 621. The molecule has 0 saturated heterocycles. The Hall–Kier alpha value is -1.45. The van der Waals surface area contributed by atoms with Crippen LogP contribution in [0.4, 0.5) is 0 Å². The zero-order chi connectivity index (χ0) is 14.8. The summed E-state index contributed by atoms with van der Waals surface area (Å²) in [4.78, 5) is 1.22. The van der Waals surface area contributed by atoms with Gasteiger partial charge in [-0.05, 0) is 38.0 Å². The normalized spacial score (nSPS) is 18.7. The predicted molar refractivity (Wildman–Crippen MR) is 89.2 cm³/mol. The fourth-order valence-electron chi connectivity index (χ4n) is 2.84. The minimum Gasteiger partial charge on any atom is -0.487 e. The predicted octanol–water partition coefficient (Wildman–Crippen LogP) is 3.73. The fraction of sp³-hybridized carbons (Fsp3) is 0.333. The highest BCUT2D eigenvalue weighted by molar-refractivity contribution is 7.99. The van der Waals surface area contributed by atoms with Gasteiger partial charge in [-0.1, -0.05) is 41.5 Å². The molecule has 0 aromatic heterocycles. The van der Waals surface area contributed by atoms with Crippen LogP contribution in [0.3, 0.4) is 0 Å². The summed E-state index contributed by atoms with van der Waals surface area (Å²) in [6, 6.07) is 14.8. The molecule has 0 aliphatic carbocycles. The van der Waals surface area contributed by atoms with Crippen molar-refractivity contribution in [2.75, 3.05) is 5.75 Å². The van der Waals surface area contributed by atoms with E-state index in [1.165, 1.54) is 21.6 Å². The van der Waals surface area contributed by atoms with E-state index in [2.05, 4.69) is 38.1 Å². The Morgan fingerprint density at radius 3 is 2.67 bits per heavy atom. The minimum absolute atomic E-state index is 0.0204. The van der Waals surface area contributed by atoms with Crippen LogP contribution in [0.15, 0.2) is 47.4 Å². The van der Waals surface area contributed by atoms with Gasteiger partial charge in [0.15, 0.2) is 0 Å². The SMILES string of the molecule is Cc1cc(C)cc(CC(N)C2CSc3ccccc3O2)c1. The zero-order valence-electron chi connectivity index (χ0n) is 12.5. The van der Waals surface area contributed by atoms with E-state index in [4.69, 9.17) is 10.5 Å². The lowest BCUT2D eigenvalue weighted by atomic mass is 9.99.